The zero-order valence-electron chi connectivity index (χ0n) is 8.39. The molecular weight excluding hydrogens is 205 g/mol. The molecule has 1 rings (SSSR count). The van der Waals surface area contributed by atoms with Crippen molar-refractivity contribution >= 4 is 11.5 Å². The number of alkyl halides is 3. The smallest absolute Gasteiger partial charge is 0.380 e. The lowest BCUT2D eigenvalue weighted by molar-refractivity contribution is -0.0597. The number of nitrogens with two attached hydrogens (primary N) is 1. The zero-order chi connectivity index (χ0) is 11.6. The average molecular weight is 216 g/mol. The minimum atomic E-state index is -4.57. The van der Waals surface area contributed by atoms with E-state index in [1.54, 1.807) is 19.1 Å². The molecule has 0 fully saturated rings. The van der Waals surface area contributed by atoms with Gasteiger partial charge in [-0.05, 0) is 37.1 Å². The molecule has 2 N–H and O–H groups in total. The Morgan fingerprint density at radius 3 is 2.27 bits per heavy atom. The maximum Gasteiger partial charge on any atom is 0.448 e. The summed E-state index contributed by atoms with van der Waals surface area (Å²) in [5.74, 6) is -1.33. The van der Waals surface area contributed by atoms with Crippen LogP contribution in [0.1, 0.15) is 11.1 Å². The van der Waals surface area contributed by atoms with Crippen LogP contribution in [0.4, 0.5) is 18.9 Å². The van der Waals surface area contributed by atoms with Crippen LogP contribution in [0.5, 0.6) is 0 Å². The molecule has 2 nitrogen and oxygen atoms in total. The lowest BCUT2D eigenvalue weighted by Crippen LogP contribution is -2.30. The molecule has 0 heterocycles. The van der Waals surface area contributed by atoms with Crippen LogP contribution in [0.25, 0.3) is 0 Å². The largest absolute Gasteiger partial charge is 0.448 e. The van der Waals surface area contributed by atoms with E-state index in [0.717, 1.165) is 11.1 Å². The maximum absolute atomic E-state index is 12.1. The molecule has 1 aromatic carbocycles. The molecule has 82 valence electrons. The predicted octanol–water partition coefficient (Wildman–Crippen LogP) is 2.85. The first kappa shape index (κ1) is 11.6. The molecule has 0 bridgehead atoms. The summed E-state index contributed by atoms with van der Waals surface area (Å²) in [6, 6.07) is 4.77. The van der Waals surface area contributed by atoms with Gasteiger partial charge in [-0.2, -0.15) is 13.2 Å². The van der Waals surface area contributed by atoms with E-state index in [9.17, 15) is 13.2 Å². The maximum atomic E-state index is 12.1. The molecule has 0 aliphatic rings. The molecule has 0 unspecified atom stereocenters. The van der Waals surface area contributed by atoms with Crippen molar-refractivity contribution in [1.29, 1.82) is 0 Å². The predicted molar refractivity (Wildman–Crippen MR) is 53.3 cm³/mol. The quantitative estimate of drug-likeness (QED) is 0.569. The third-order valence-corrected chi connectivity index (χ3v) is 2.03. The number of hydrogen-bond acceptors (Lipinski definition) is 1. The molecule has 15 heavy (non-hydrogen) atoms. The Balaban J connectivity index is 3.04. The van der Waals surface area contributed by atoms with E-state index in [0.29, 0.717) is 0 Å². The number of aliphatic imine (C=N–C) groups is 1. The van der Waals surface area contributed by atoms with Crippen LogP contribution in [-0.4, -0.2) is 12.0 Å². The second-order valence-corrected chi connectivity index (χ2v) is 3.26. The lowest BCUT2D eigenvalue weighted by atomic mass is 10.1. The van der Waals surface area contributed by atoms with Crippen molar-refractivity contribution in [3.63, 3.8) is 0 Å². The highest BCUT2D eigenvalue weighted by atomic mass is 19.4. The van der Waals surface area contributed by atoms with Crippen LogP contribution in [0, 0.1) is 13.8 Å². The second kappa shape index (κ2) is 3.92. The van der Waals surface area contributed by atoms with Crippen LogP contribution < -0.4 is 5.73 Å². The highest BCUT2D eigenvalue weighted by Crippen LogP contribution is 2.21. The van der Waals surface area contributed by atoms with Gasteiger partial charge in [0.2, 0.25) is 5.84 Å². The Labute approximate surface area is 85.6 Å². The summed E-state index contributed by atoms with van der Waals surface area (Å²) in [4.78, 5) is 3.30. The van der Waals surface area contributed by atoms with Gasteiger partial charge in [0.1, 0.15) is 0 Å². The van der Waals surface area contributed by atoms with E-state index in [4.69, 9.17) is 5.73 Å². The fraction of sp³-hybridized carbons (Fsp3) is 0.300. The minimum Gasteiger partial charge on any atom is -0.380 e. The van der Waals surface area contributed by atoms with E-state index >= 15 is 0 Å². The molecule has 0 aromatic heterocycles. The van der Waals surface area contributed by atoms with Gasteiger partial charge in [0.05, 0.1) is 5.69 Å². The topological polar surface area (TPSA) is 38.4 Å². The summed E-state index contributed by atoms with van der Waals surface area (Å²) in [5, 5.41) is 0. The number of hydrogen-bond donors (Lipinski definition) is 1. The van der Waals surface area contributed by atoms with E-state index in [1.807, 2.05) is 6.92 Å². The second-order valence-electron chi connectivity index (χ2n) is 3.26. The highest BCUT2D eigenvalue weighted by Gasteiger charge is 2.33. The third-order valence-electron chi connectivity index (χ3n) is 2.03. The van der Waals surface area contributed by atoms with Crippen LogP contribution in [0.3, 0.4) is 0 Å². The highest BCUT2D eigenvalue weighted by molar-refractivity contribution is 5.88. The first-order valence-electron chi connectivity index (χ1n) is 4.29. The Morgan fingerprint density at radius 2 is 1.80 bits per heavy atom. The molecule has 0 amide bonds. The zero-order valence-corrected chi connectivity index (χ0v) is 8.39. The van der Waals surface area contributed by atoms with E-state index in [1.165, 1.54) is 6.07 Å². The van der Waals surface area contributed by atoms with Crippen molar-refractivity contribution in [2.75, 3.05) is 0 Å². The molecule has 0 saturated heterocycles. The first-order chi connectivity index (χ1) is 6.80. The van der Waals surface area contributed by atoms with Crippen molar-refractivity contribution in [1.82, 2.24) is 0 Å². The van der Waals surface area contributed by atoms with E-state index < -0.39 is 12.0 Å². The Bertz CT molecular complexity index is 394. The van der Waals surface area contributed by atoms with E-state index in [2.05, 4.69) is 4.99 Å². The van der Waals surface area contributed by atoms with Gasteiger partial charge in [-0.25, -0.2) is 4.99 Å². The summed E-state index contributed by atoms with van der Waals surface area (Å²) in [5.41, 5.74) is 6.89. The third kappa shape index (κ3) is 2.97. The van der Waals surface area contributed by atoms with Gasteiger partial charge in [0, 0.05) is 0 Å². The normalized spacial score (nSPS) is 13.0. The van der Waals surface area contributed by atoms with Crippen LogP contribution in [-0.2, 0) is 0 Å². The van der Waals surface area contributed by atoms with Crippen LogP contribution in [0.2, 0.25) is 0 Å². The Kier molecular flexibility index (Phi) is 3.02. The van der Waals surface area contributed by atoms with Gasteiger partial charge in [0.15, 0.2) is 0 Å². The average Bonchev–Trinajstić information content (AvgIpc) is 2.10. The molecule has 0 aliphatic carbocycles. The van der Waals surface area contributed by atoms with Crippen molar-refractivity contribution in [3.8, 4) is 0 Å². The molecule has 5 heteroatoms. The van der Waals surface area contributed by atoms with Crippen molar-refractivity contribution in [2.45, 2.75) is 20.0 Å². The summed E-state index contributed by atoms with van der Waals surface area (Å²) in [6.07, 6.45) is -4.57. The molecule has 0 saturated carbocycles. The standard InChI is InChI=1S/C10H11F3N2/c1-6-3-4-8(5-7(6)2)15-9(14)10(11,12)13/h3-5H,1-2H3,(H2,14,15). The molecule has 0 atom stereocenters. The van der Waals surface area contributed by atoms with Gasteiger partial charge in [-0.3, -0.25) is 0 Å². The Morgan fingerprint density at radius 1 is 1.20 bits per heavy atom. The van der Waals surface area contributed by atoms with Gasteiger partial charge >= 0.3 is 6.18 Å². The number of halogens is 3. The summed E-state index contributed by atoms with van der Waals surface area (Å²) in [7, 11) is 0. The number of rotatable bonds is 1. The summed E-state index contributed by atoms with van der Waals surface area (Å²) < 4.78 is 36.2. The number of benzene rings is 1. The number of aryl methyl sites for hydroxylation is 2. The van der Waals surface area contributed by atoms with Crippen molar-refractivity contribution in [2.24, 2.45) is 10.7 Å². The molecule has 1 aromatic rings. The SMILES string of the molecule is Cc1ccc(N=C(N)C(F)(F)F)cc1C. The van der Waals surface area contributed by atoms with Crippen molar-refractivity contribution in [3.05, 3.63) is 29.3 Å². The Hall–Kier alpha value is -1.52. The fourth-order valence-corrected chi connectivity index (χ4v) is 0.998. The lowest BCUT2D eigenvalue weighted by Gasteiger charge is -2.06. The molecular formula is C10H11F3N2. The summed E-state index contributed by atoms with van der Waals surface area (Å²) >= 11 is 0. The van der Waals surface area contributed by atoms with Gasteiger partial charge in [-0.1, -0.05) is 6.07 Å². The summed E-state index contributed by atoms with van der Waals surface area (Å²) in [6.45, 7) is 3.67. The van der Waals surface area contributed by atoms with E-state index in [-0.39, 0.29) is 5.69 Å². The molecule has 0 radical (unpaired) electrons. The van der Waals surface area contributed by atoms with Crippen molar-refractivity contribution < 1.29 is 13.2 Å². The molecule has 0 aliphatic heterocycles. The minimum absolute atomic E-state index is 0.216. The molecule has 0 spiro atoms. The monoisotopic (exact) mass is 216 g/mol. The van der Waals surface area contributed by atoms with Gasteiger partial charge in [0.25, 0.3) is 0 Å². The first-order valence-corrected chi connectivity index (χ1v) is 4.29. The number of nitrogens with zero attached hydrogens (tertiary/aromatic N) is 1. The van der Waals surface area contributed by atoms with Crippen LogP contribution >= 0.6 is 0 Å². The van der Waals surface area contributed by atoms with Gasteiger partial charge < -0.3 is 5.73 Å². The van der Waals surface area contributed by atoms with Gasteiger partial charge in [-0.15, -0.1) is 0 Å². The van der Waals surface area contributed by atoms with Crippen LogP contribution in [0.15, 0.2) is 23.2 Å². The number of amidine groups is 1. The fourth-order valence-electron chi connectivity index (χ4n) is 0.998.